The monoisotopic (exact) mass is 434 g/mol. The molecule has 2 aromatic carbocycles. The fraction of sp³-hybridized carbons (Fsp3) is 0.318. The van der Waals surface area contributed by atoms with E-state index in [9.17, 15) is 22.8 Å². The molecule has 164 valence electrons. The Morgan fingerprint density at radius 2 is 1.84 bits per heavy atom. The van der Waals surface area contributed by atoms with Crippen molar-refractivity contribution >= 4 is 17.0 Å². The molecule has 0 saturated carbocycles. The minimum absolute atomic E-state index is 0.00597. The SMILES string of the molecule is COCCOC(=O)CCc1nc2cc(C(F)(F)F)ccc2n(Cc2ccccc2)c1=O. The predicted octanol–water partition coefficient (Wildman–Crippen LogP) is 3.59. The molecule has 0 saturated heterocycles. The molecule has 3 rings (SSSR count). The molecule has 0 spiro atoms. The molecule has 0 atom stereocenters. The lowest BCUT2D eigenvalue weighted by Gasteiger charge is -2.14. The van der Waals surface area contributed by atoms with Gasteiger partial charge in [-0.25, -0.2) is 4.98 Å². The number of hydrogen-bond acceptors (Lipinski definition) is 5. The second kappa shape index (κ2) is 9.74. The molecule has 31 heavy (non-hydrogen) atoms. The van der Waals surface area contributed by atoms with Crippen LogP contribution in [0.2, 0.25) is 0 Å². The zero-order chi connectivity index (χ0) is 22.4. The highest BCUT2D eigenvalue weighted by Crippen LogP contribution is 2.31. The lowest BCUT2D eigenvalue weighted by Crippen LogP contribution is -2.27. The number of aryl methyl sites for hydroxylation is 1. The van der Waals surface area contributed by atoms with Gasteiger partial charge in [-0.05, 0) is 23.8 Å². The molecule has 1 aromatic heterocycles. The lowest BCUT2D eigenvalue weighted by molar-refractivity contribution is -0.144. The summed E-state index contributed by atoms with van der Waals surface area (Å²) in [5, 5.41) is 0. The number of carbonyl (C=O) groups is 1. The fourth-order valence-electron chi connectivity index (χ4n) is 3.09. The molecule has 0 aliphatic carbocycles. The van der Waals surface area contributed by atoms with Crippen LogP contribution in [0.1, 0.15) is 23.2 Å². The zero-order valence-corrected chi connectivity index (χ0v) is 16.8. The number of carbonyl (C=O) groups excluding carboxylic acids is 1. The Kier molecular flexibility index (Phi) is 7.06. The highest BCUT2D eigenvalue weighted by molar-refractivity contribution is 5.76. The van der Waals surface area contributed by atoms with E-state index in [1.54, 1.807) is 0 Å². The summed E-state index contributed by atoms with van der Waals surface area (Å²) in [4.78, 5) is 29.1. The van der Waals surface area contributed by atoms with Crippen LogP contribution in [-0.2, 0) is 33.4 Å². The van der Waals surface area contributed by atoms with Crippen LogP contribution in [0.25, 0.3) is 11.0 Å². The summed E-state index contributed by atoms with van der Waals surface area (Å²) in [5.74, 6) is -0.544. The van der Waals surface area contributed by atoms with Crippen molar-refractivity contribution in [3.05, 3.63) is 75.7 Å². The van der Waals surface area contributed by atoms with Crippen molar-refractivity contribution < 1.29 is 27.4 Å². The fourth-order valence-corrected chi connectivity index (χ4v) is 3.09. The molecule has 0 fully saturated rings. The minimum Gasteiger partial charge on any atom is -0.463 e. The third kappa shape index (κ3) is 5.69. The Bertz CT molecular complexity index is 1110. The van der Waals surface area contributed by atoms with Crippen molar-refractivity contribution in [1.82, 2.24) is 9.55 Å². The first-order valence-electron chi connectivity index (χ1n) is 9.58. The normalized spacial score (nSPS) is 11.6. The summed E-state index contributed by atoms with van der Waals surface area (Å²) in [7, 11) is 1.47. The van der Waals surface area contributed by atoms with E-state index in [1.807, 2.05) is 30.3 Å². The van der Waals surface area contributed by atoms with Gasteiger partial charge < -0.3 is 14.0 Å². The maximum atomic E-state index is 13.2. The van der Waals surface area contributed by atoms with Crippen LogP contribution in [0.3, 0.4) is 0 Å². The van der Waals surface area contributed by atoms with Crippen LogP contribution < -0.4 is 5.56 Å². The molecular weight excluding hydrogens is 413 g/mol. The molecule has 1 heterocycles. The molecule has 3 aromatic rings. The lowest BCUT2D eigenvalue weighted by atomic mass is 10.1. The summed E-state index contributed by atoms with van der Waals surface area (Å²) in [6.07, 6.45) is -4.71. The van der Waals surface area contributed by atoms with E-state index < -0.39 is 23.3 Å². The number of esters is 1. The van der Waals surface area contributed by atoms with Crippen LogP contribution in [0.15, 0.2) is 53.3 Å². The topological polar surface area (TPSA) is 70.4 Å². The standard InChI is InChI=1S/C22H21F3N2O4/c1-30-11-12-31-20(28)10-8-17-21(29)27(14-15-5-3-2-4-6-15)19-9-7-16(22(23,24)25)13-18(19)26-17/h2-7,9,13H,8,10-12,14H2,1H3. The van der Waals surface area contributed by atoms with Crippen LogP contribution in [0.4, 0.5) is 13.2 Å². The molecule has 0 aliphatic heterocycles. The third-order valence-electron chi connectivity index (χ3n) is 4.64. The van der Waals surface area contributed by atoms with E-state index in [4.69, 9.17) is 9.47 Å². The van der Waals surface area contributed by atoms with Crippen LogP contribution >= 0.6 is 0 Å². The van der Waals surface area contributed by atoms with Gasteiger partial charge >= 0.3 is 12.1 Å². The van der Waals surface area contributed by atoms with Crippen molar-refractivity contribution in [2.75, 3.05) is 20.3 Å². The smallest absolute Gasteiger partial charge is 0.416 e. The Hall–Kier alpha value is -3.20. The first kappa shape index (κ1) is 22.5. The van der Waals surface area contributed by atoms with Gasteiger partial charge in [-0.1, -0.05) is 30.3 Å². The van der Waals surface area contributed by atoms with Gasteiger partial charge in [0.25, 0.3) is 5.56 Å². The number of benzene rings is 2. The minimum atomic E-state index is -4.54. The number of fused-ring (bicyclic) bond motifs is 1. The van der Waals surface area contributed by atoms with Gasteiger partial charge in [0.05, 0.1) is 36.2 Å². The van der Waals surface area contributed by atoms with Crippen LogP contribution in [0.5, 0.6) is 0 Å². The molecule has 0 bridgehead atoms. The maximum absolute atomic E-state index is 13.2. The van der Waals surface area contributed by atoms with Gasteiger partial charge in [-0.15, -0.1) is 0 Å². The van der Waals surface area contributed by atoms with Crippen molar-refractivity contribution in [1.29, 1.82) is 0 Å². The second-order valence-electron chi connectivity index (χ2n) is 6.85. The van der Waals surface area contributed by atoms with Gasteiger partial charge in [0.1, 0.15) is 12.3 Å². The highest BCUT2D eigenvalue weighted by atomic mass is 19.4. The number of methoxy groups -OCH3 is 1. The Morgan fingerprint density at radius 3 is 2.52 bits per heavy atom. The summed E-state index contributed by atoms with van der Waals surface area (Å²) in [6, 6.07) is 12.2. The van der Waals surface area contributed by atoms with E-state index in [-0.39, 0.29) is 49.3 Å². The average Bonchev–Trinajstić information content (AvgIpc) is 2.74. The van der Waals surface area contributed by atoms with Crippen LogP contribution in [-0.4, -0.2) is 35.8 Å². The quantitative estimate of drug-likeness (QED) is 0.400. The number of aromatic nitrogens is 2. The largest absolute Gasteiger partial charge is 0.463 e. The summed E-state index contributed by atoms with van der Waals surface area (Å²) in [5.41, 5.74) is -0.183. The second-order valence-corrected chi connectivity index (χ2v) is 6.85. The number of halogens is 3. The van der Waals surface area contributed by atoms with Gasteiger partial charge in [0, 0.05) is 13.5 Å². The molecule has 9 heteroatoms. The molecule has 0 aliphatic rings. The van der Waals surface area contributed by atoms with E-state index >= 15 is 0 Å². The van der Waals surface area contributed by atoms with Gasteiger partial charge in [-0.3, -0.25) is 9.59 Å². The van der Waals surface area contributed by atoms with Gasteiger partial charge in [-0.2, -0.15) is 13.2 Å². The molecule has 0 amide bonds. The van der Waals surface area contributed by atoms with E-state index in [1.165, 1.54) is 17.7 Å². The molecule has 0 radical (unpaired) electrons. The molecular formula is C22H21F3N2O4. The van der Waals surface area contributed by atoms with Crippen molar-refractivity contribution in [3.63, 3.8) is 0 Å². The molecule has 6 nitrogen and oxygen atoms in total. The van der Waals surface area contributed by atoms with Gasteiger partial charge in [0.2, 0.25) is 0 Å². The number of rotatable bonds is 8. The number of hydrogen-bond donors (Lipinski definition) is 0. The summed E-state index contributed by atoms with van der Waals surface area (Å²) in [6.45, 7) is 0.479. The first-order valence-corrected chi connectivity index (χ1v) is 9.58. The predicted molar refractivity (Wildman–Crippen MR) is 108 cm³/mol. The highest BCUT2D eigenvalue weighted by Gasteiger charge is 2.31. The Labute approximate surface area is 176 Å². The van der Waals surface area contributed by atoms with Crippen molar-refractivity contribution in [2.24, 2.45) is 0 Å². The average molecular weight is 434 g/mol. The van der Waals surface area contributed by atoms with Gasteiger partial charge in [0.15, 0.2) is 0 Å². The van der Waals surface area contributed by atoms with Crippen molar-refractivity contribution in [2.45, 2.75) is 25.6 Å². The summed E-state index contributed by atoms with van der Waals surface area (Å²) < 4.78 is 50.7. The molecule has 0 N–H and O–H groups in total. The van der Waals surface area contributed by atoms with E-state index in [0.717, 1.165) is 17.7 Å². The zero-order valence-electron chi connectivity index (χ0n) is 16.8. The van der Waals surface area contributed by atoms with Crippen LogP contribution in [0, 0.1) is 0 Å². The van der Waals surface area contributed by atoms with E-state index in [0.29, 0.717) is 0 Å². The number of nitrogens with zero attached hydrogens (tertiary/aromatic N) is 2. The Balaban J connectivity index is 1.99. The van der Waals surface area contributed by atoms with E-state index in [2.05, 4.69) is 4.98 Å². The maximum Gasteiger partial charge on any atom is 0.416 e. The Morgan fingerprint density at radius 1 is 1.10 bits per heavy atom. The van der Waals surface area contributed by atoms with Crippen molar-refractivity contribution in [3.8, 4) is 0 Å². The summed E-state index contributed by atoms with van der Waals surface area (Å²) >= 11 is 0. The third-order valence-corrected chi connectivity index (χ3v) is 4.64. The molecule has 0 unspecified atom stereocenters. The first-order chi connectivity index (χ1) is 14.8. The number of alkyl halides is 3. The number of ether oxygens (including phenoxy) is 2.